The second-order valence-corrected chi connectivity index (χ2v) is 7.59. The zero-order valence-corrected chi connectivity index (χ0v) is 15.8. The molecule has 0 atom stereocenters. The fraction of sp³-hybridized carbons (Fsp3) is 0.292. The van der Waals surface area contributed by atoms with E-state index in [0.29, 0.717) is 11.5 Å². The van der Waals surface area contributed by atoms with E-state index in [0.717, 1.165) is 30.5 Å². The molecule has 1 aliphatic carbocycles. The van der Waals surface area contributed by atoms with Crippen LogP contribution in [-0.2, 0) is 6.42 Å². The van der Waals surface area contributed by atoms with Crippen molar-refractivity contribution in [1.82, 2.24) is 4.57 Å². The fourth-order valence-electron chi connectivity index (χ4n) is 4.31. The van der Waals surface area contributed by atoms with E-state index in [1.165, 1.54) is 29.7 Å². The summed E-state index contributed by atoms with van der Waals surface area (Å²) in [6.45, 7) is 2.16. The smallest absolute Gasteiger partial charge is 0.248 e. The molecule has 0 spiro atoms. The molecule has 1 heterocycles. The minimum atomic E-state index is -0.323. The van der Waals surface area contributed by atoms with Crippen LogP contribution < -0.4 is 5.73 Å². The van der Waals surface area contributed by atoms with E-state index in [-0.39, 0.29) is 5.91 Å². The Hall–Kier alpha value is -2.81. The van der Waals surface area contributed by atoms with Gasteiger partial charge in [-0.25, -0.2) is 0 Å². The SMILES string of the molecule is Cc1ccccc1Cc1cccn1-c1ccc(C(N)=O)c(C2CCCC2)c1. The highest BCUT2D eigenvalue weighted by Crippen LogP contribution is 2.37. The van der Waals surface area contributed by atoms with Crippen LogP contribution >= 0.6 is 0 Å². The summed E-state index contributed by atoms with van der Waals surface area (Å²) >= 11 is 0. The number of rotatable bonds is 5. The zero-order chi connectivity index (χ0) is 18.8. The van der Waals surface area contributed by atoms with Crippen molar-refractivity contribution in [2.24, 2.45) is 5.73 Å². The molecule has 1 aromatic heterocycles. The van der Waals surface area contributed by atoms with Gasteiger partial charge >= 0.3 is 0 Å². The summed E-state index contributed by atoms with van der Waals surface area (Å²) in [6, 6.07) is 18.9. The van der Waals surface area contributed by atoms with Gasteiger partial charge in [0.15, 0.2) is 0 Å². The van der Waals surface area contributed by atoms with Crippen LogP contribution in [0.5, 0.6) is 0 Å². The van der Waals surface area contributed by atoms with Gasteiger partial charge in [0.2, 0.25) is 5.91 Å². The van der Waals surface area contributed by atoms with Gasteiger partial charge in [0.25, 0.3) is 0 Å². The van der Waals surface area contributed by atoms with E-state index in [2.05, 4.69) is 60.2 Å². The predicted molar refractivity (Wildman–Crippen MR) is 109 cm³/mol. The predicted octanol–water partition coefficient (Wildman–Crippen LogP) is 5.13. The molecular formula is C24H26N2O. The number of nitrogens with two attached hydrogens (primary N) is 1. The minimum absolute atomic E-state index is 0.323. The van der Waals surface area contributed by atoms with Crippen LogP contribution in [0.15, 0.2) is 60.8 Å². The van der Waals surface area contributed by atoms with Gasteiger partial charge in [-0.05, 0) is 72.7 Å². The van der Waals surface area contributed by atoms with Gasteiger partial charge in [-0.15, -0.1) is 0 Å². The second kappa shape index (κ2) is 7.43. The molecule has 138 valence electrons. The third kappa shape index (κ3) is 3.55. The molecule has 0 saturated heterocycles. The number of benzene rings is 2. The maximum atomic E-state index is 11.9. The van der Waals surface area contributed by atoms with E-state index in [4.69, 9.17) is 5.73 Å². The van der Waals surface area contributed by atoms with Crippen LogP contribution in [-0.4, -0.2) is 10.5 Å². The van der Waals surface area contributed by atoms with Crippen LogP contribution in [0.2, 0.25) is 0 Å². The van der Waals surface area contributed by atoms with Crippen LogP contribution in [0, 0.1) is 6.92 Å². The first-order chi connectivity index (χ1) is 13.1. The Bertz CT molecular complexity index is 964. The van der Waals surface area contributed by atoms with Gasteiger partial charge in [0, 0.05) is 29.6 Å². The van der Waals surface area contributed by atoms with Crippen LogP contribution in [0.3, 0.4) is 0 Å². The van der Waals surface area contributed by atoms with Crippen molar-refractivity contribution in [1.29, 1.82) is 0 Å². The summed E-state index contributed by atoms with van der Waals surface area (Å²) in [5, 5.41) is 0. The summed E-state index contributed by atoms with van der Waals surface area (Å²) in [5.74, 6) is 0.124. The second-order valence-electron chi connectivity index (χ2n) is 7.59. The van der Waals surface area contributed by atoms with Crippen LogP contribution in [0.25, 0.3) is 5.69 Å². The monoisotopic (exact) mass is 358 g/mol. The maximum absolute atomic E-state index is 11.9. The molecule has 2 aromatic carbocycles. The van der Waals surface area contributed by atoms with Gasteiger partial charge in [-0.1, -0.05) is 37.1 Å². The lowest BCUT2D eigenvalue weighted by molar-refractivity contribution is 0.0999. The Balaban J connectivity index is 1.72. The van der Waals surface area contributed by atoms with E-state index < -0.39 is 0 Å². The summed E-state index contributed by atoms with van der Waals surface area (Å²) in [5.41, 5.74) is 12.4. The van der Waals surface area contributed by atoms with Crippen molar-refractivity contribution in [3.05, 3.63) is 88.7 Å². The summed E-state index contributed by atoms with van der Waals surface area (Å²) in [7, 11) is 0. The Labute approximate surface area is 160 Å². The quantitative estimate of drug-likeness (QED) is 0.675. The average Bonchev–Trinajstić information content (AvgIpc) is 3.35. The first-order valence-corrected chi connectivity index (χ1v) is 9.78. The van der Waals surface area contributed by atoms with Crippen molar-refractivity contribution < 1.29 is 4.79 Å². The number of aromatic nitrogens is 1. The number of nitrogens with zero attached hydrogens (tertiary/aromatic N) is 1. The Morgan fingerprint density at radius 1 is 1.07 bits per heavy atom. The molecule has 4 rings (SSSR count). The molecule has 2 N–H and O–H groups in total. The molecule has 3 aromatic rings. The highest BCUT2D eigenvalue weighted by molar-refractivity contribution is 5.94. The molecule has 0 radical (unpaired) electrons. The molecule has 3 heteroatoms. The molecule has 27 heavy (non-hydrogen) atoms. The average molecular weight is 358 g/mol. The molecule has 1 aliphatic rings. The number of carbonyl (C=O) groups is 1. The minimum Gasteiger partial charge on any atom is -0.366 e. The van der Waals surface area contributed by atoms with E-state index in [1.807, 2.05) is 12.1 Å². The molecule has 0 unspecified atom stereocenters. The number of aryl methyl sites for hydroxylation is 1. The third-order valence-corrected chi connectivity index (χ3v) is 5.84. The lowest BCUT2D eigenvalue weighted by atomic mass is 9.92. The zero-order valence-electron chi connectivity index (χ0n) is 15.8. The molecule has 1 amide bonds. The largest absolute Gasteiger partial charge is 0.366 e. The number of hydrogen-bond acceptors (Lipinski definition) is 1. The van der Waals surface area contributed by atoms with Crippen molar-refractivity contribution in [2.75, 3.05) is 0 Å². The highest BCUT2D eigenvalue weighted by atomic mass is 16.1. The highest BCUT2D eigenvalue weighted by Gasteiger charge is 2.22. The maximum Gasteiger partial charge on any atom is 0.248 e. The van der Waals surface area contributed by atoms with Crippen LogP contribution in [0.4, 0.5) is 0 Å². The van der Waals surface area contributed by atoms with E-state index in [9.17, 15) is 4.79 Å². The standard InChI is InChI=1S/C24H26N2O/c1-17-7-2-3-10-19(17)15-20-11-6-14-26(20)21-12-13-22(24(25)27)23(16-21)18-8-4-5-9-18/h2-3,6-7,10-14,16,18H,4-5,8-9,15H2,1H3,(H2,25,27). The molecule has 0 aliphatic heterocycles. The molecule has 1 fully saturated rings. The number of carbonyl (C=O) groups excluding carboxylic acids is 1. The molecule has 1 saturated carbocycles. The number of hydrogen-bond donors (Lipinski definition) is 1. The van der Waals surface area contributed by atoms with Crippen molar-refractivity contribution in [3.8, 4) is 5.69 Å². The first kappa shape index (κ1) is 17.6. The van der Waals surface area contributed by atoms with Gasteiger partial charge in [0.1, 0.15) is 0 Å². The summed E-state index contributed by atoms with van der Waals surface area (Å²) in [6.07, 6.45) is 7.74. The normalized spacial score (nSPS) is 14.6. The summed E-state index contributed by atoms with van der Waals surface area (Å²) < 4.78 is 2.23. The fourth-order valence-corrected chi connectivity index (χ4v) is 4.31. The lowest BCUT2D eigenvalue weighted by Crippen LogP contribution is -2.15. The third-order valence-electron chi connectivity index (χ3n) is 5.84. The number of primary amides is 1. The first-order valence-electron chi connectivity index (χ1n) is 9.78. The molecule has 3 nitrogen and oxygen atoms in total. The van der Waals surface area contributed by atoms with Gasteiger partial charge in [-0.3, -0.25) is 4.79 Å². The van der Waals surface area contributed by atoms with Crippen LogP contribution in [0.1, 0.15) is 64.3 Å². The topological polar surface area (TPSA) is 48.0 Å². The Morgan fingerprint density at radius 2 is 1.85 bits per heavy atom. The van der Waals surface area contributed by atoms with Crippen molar-refractivity contribution in [2.45, 2.75) is 44.9 Å². The van der Waals surface area contributed by atoms with Crippen molar-refractivity contribution >= 4 is 5.91 Å². The molecular weight excluding hydrogens is 332 g/mol. The van der Waals surface area contributed by atoms with Gasteiger partial charge in [-0.2, -0.15) is 0 Å². The summed E-state index contributed by atoms with van der Waals surface area (Å²) in [4.78, 5) is 11.9. The lowest BCUT2D eigenvalue weighted by Gasteiger charge is -2.17. The van der Waals surface area contributed by atoms with Crippen molar-refractivity contribution in [3.63, 3.8) is 0 Å². The van der Waals surface area contributed by atoms with Gasteiger partial charge in [0.05, 0.1) is 0 Å². The van der Waals surface area contributed by atoms with E-state index >= 15 is 0 Å². The van der Waals surface area contributed by atoms with Gasteiger partial charge < -0.3 is 10.3 Å². The Kier molecular flexibility index (Phi) is 4.85. The van der Waals surface area contributed by atoms with E-state index in [1.54, 1.807) is 0 Å². The Morgan fingerprint density at radius 3 is 2.59 bits per heavy atom. The molecule has 0 bridgehead atoms. The number of amides is 1.